The molecule has 0 spiro atoms. The minimum Gasteiger partial charge on any atom is -0.349 e. The molecule has 0 aliphatic carbocycles. The lowest BCUT2D eigenvalue weighted by molar-refractivity contribution is -0.121. The topological polar surface area (TPSA) is 95.6 Å². The predicted octanol–water partition coefficient (Wildman–Crippen LogP) is 3.10. The van der Waals surface area contributed by atoms with Crippen LogP contribution in [-0.2, 0) is 26.0 Å². The molecule has 1 unspecified atom stereocenters. The Bertz CT molecular complexity index is 966. The van der Waals surface area contributed by atoms with Crippen molar-refractivity contribution in [1.29, 1.82) is 0 Å². The third-order valence-corrected chi connectivity index (χ3v) is 6.80. The van der Waals surface area contributed by atoms with Crippen LogP contribution in [0.4, 0.5) is 5.69 Å². The third-order valence-electron chi connectivity index (χ3n) is 4.74. The van der Waals surface area contributed by atoms with Crippen molar-refractivity contribution in [3.05, 3.63) is 59.7 Å². The number of hydrogen-bond donors (Lipinski definition) is 2. The van der Waals surface area contributed by atoms with E-state index in [2.05, 4.69) is 10.6 Å². The van der Waals surface area contributed by atoms with Gasteiger partial charge < -0.3 is 10.6 Å². The molecule has 0 radical (unpaired) electrons. The monoisotopic (exact) mass is 431 g/mol. The van der Waals surface area contributed by atoms with Gasteiger partial charge in [0, 0.05) is 25.7 Å². The van der Waals surface area contributed by atoms with E-state index in [0.29, 0.717) is 18.8 Å². The van der Waals surface area contributed by atoms with Crippen LogP contribution in [0.3, 0.4) is 0 Å². The van der Waals surface area contributed by atoms with Crippen LogP contribution in [0.25, 0.3) is 0 Å². The van der Waals surface area contributed by atoms with Gasteiger partial charge in [-0.15, -0.1) is 0 Å². The van der Waals surface area contributed by atoms with Crippen molar-refractivity contribution < 1.29 is 18.0 Å². The highest BCUT2D eigenvalue weighted by Crippen LogP contribution is 2.19. The van der Waals surface area contributed by atoms with Gasteiger partial charge in [0.25, 0.3) is 0 Å². The Hall–Kier alpha value is -2.71. The summed E-state index contributed by atoms with van der Waals surface area (Å²) in [6.07, 6.45) is 0.207. The average molecular weight is 432 g/mol. The van der Waals surface area contributed by atoms with E-state index in [4.69, 9.17) is 0 Å². The minimum atomic E-state index is -3.50. The van der Waals surface area contributed by atoms with E-state index in [9.17, 15) is 18.0 Å². The highest BCUT2D eigenvalue weighted by Gasteiger charge is 2.21. The number of nitrogens with zero attached hydrogens (tertiary/aromatic N) is 1. The van der Waals surface area contributed by atoms with E-state index in [-0.39, 0.29) is 29.2 Å². The number of carbonyl (C=O) groups excluding carboxylic acids is 2. The maximum Gasteiger partial charge on any atom is 0.243 e. The summed E-state index contributed by atoms with van der Waals surface area (Å²) in [6.45, 7) is 7.73. The van der Waals surface area contributed by atoms with Crippen molar-refractivity contribution in [3.63, 3.8) is 0 Å². The SMILES string of the molecule is CCN(CC)S(=O)(=O)c1ccc(C(C)NC(=O)Cc2ccc(NC(C)=O)cc2)cc1. The normalized spacial score (nSPS) is 12.4. The summed E-state index contributed by atoms with van der Waals surface area (Å²) in [5.74, 6) is -0.292. The average Bonchev–Trinajstić information content (AvgIpc) is 2.70. The second-order valence-electron chi connectivity index (χ2n) is 7.00. The van der Waals surface area contributed by atoms with Crippen LogP contribution in [0.5, 0.6) is 0 Å². The molecule has 1 atom stereocenters. The molecule has 2 aromatic carbocycles. The van der Waals surface area contributed by atoms with Gasteiger partial charge in [0.2, 0.25) is 21.8 Å². The Labute approximate surface area is 178 Å². The van der Waals surface area contributed by atoms with Gasteiger partial charge in [0.1, 0.15) is 0 Å². The van der Waals surface area contributed by atoms with E-state index in [0.717, 1.165) is 11.1 Å². The zero-order chi connectivity index (χ0) is 22.3. The van der Waals surface area contributed by atoms with E-state index in [1.165, 1.54) is 11.2 Å². The maximum absolute atomic E-state index is 12.6. The third kappa shape index (κ3) is 6.14. The second-order valence-corrected chi connectivity index (χ2v) is 8.94. The fourth-order valence-electron chi connectivity index (χ4n) is 3.11. The Balaban J connectivity index is 1.99. The zero-order valence-electron chi connectivity index (χ0n) is 17.8. The van der Waals surface area contributed by atoms with Crippen molar-refractivity contribution >= 4 is 27.5 Å². The molecule has 0 saturated carbocycles. The van der Waals surface area contributed by atoms with Gasteiger partial charge in [-0.3, -0.25) is 9.59 Å². The Kier molecular flexibility index (Phi) is 8.14. The molecule has 2 aromatic rings. The first-order valence-electron chi connectivity index (χ1n) is 9.93. The molecule has 0 aliphatic rings. The van der Waals surface area contributed by atoms with Crippen LogP contribution in [0.2, 0.25) is 0 Å². The molecule has 0 saturated heterocycles. The summed E-state index contributed by atoms with van der Waals surface area (Å²) in [5, 5.41) is 5.61. The van der Waals surface area contributed by atoms with Crippen LogP contribution >= 0.6 is 0 Å². The number of amides is 2. The van der Waals surface area contributed by atoms with Gasteiger partial charge in [-0.25, -0.2) is 8.42 Å². The number of hydrogen-bond acceptors (Lipinski definition) is 4. The number of sulfonamides is 1. The quantitative estimate of drug-likeness (QED) is 0.638. The maximum atomic E-state index is 12.6. The van der Waals surface area contributed by atoms with Gasteiger partial charge >= 0.3 is 0 Å². The van der Waals surface area contributed by atoms with Gasteiger partial charge in [-0.1, -0.05) is 38.1 Å². The molecule has 2 rings (SSSR count). The smallest absolute Gasteiger partial charge is 0.243 e. The van der Waals surface area contributed by atoms with Gasteiger partial charge in [-0.05, 0) is 42.3 Å². The molecule has 0 aliphatic heterocycles. The summed E-state index contributed by atoms with van der Waals surface area (Å²) >= 11 is 0. The van der Waals surface area contributed by atoms with Gasteiger partial charge in [0.05, 0.1) is 17.4 Å². The summed E-state index contributed by atoms with van der Waals surface area (Å²) in [5.41, 5.74) is 2.33. The van der Waals surface area contributed by atoms with Crippen LogP contribution in [0.15, 0.2) is 53.4 Å². The predicted molar refractivity (Wildman–Crippen MR) is 118 cm³/mol. The number of nitrogens with one attached hydrogen (secondary N) is 2. The summed E-state index contributed by atoms with van der Waals surface area (Å²) < 4.78 is 26.6. The Morgan fingerprint density at radius 1 is 0.967 bits per heavy atom. The fraction of sp³-hybridized carbons (Fsp3) is 0.364. The number of anilines is 1. The van der Waals surface area contributed by atoms with Crippen LogP contribution in [0, 0.1) is 0 Å². The molecule has 162 valence electrons. The summed E-state index contributed by atoms with van der Waals surface area (Å²) in [6, 6.07) is 13.4. The fourth-order valence-corrected chi connectivity index (χ4v) is 4.57. The van der Waals surface area contributed by atoms with Crippen LogP contribution in [0.1, 0.15) is 44.9 Å². The van der Waals surface area contributed by atoms with Crippen molar-refractivity contribution in [3.8, 4) is 0 Å². The molecular formula is C22H29N3O4S. The molecule has 0 fully saturated rings. The Morgan fingerprint density at radius 3 is 2.03 bits per heavy atom. The molecule has 0 bridgehead atoms. The van der Waals surface area contributed by atoms with Crippen molar-refractivity contribution in [2.24, 2.45) is 0 Å². The van der Waals surface area contributed by atoms with E-state index in [1.807, 2.05) is 6.92 Å². The van der Waals surface area contributed by atoms with Crippen molar-refractivity contribution in [2.75, 3.05) is 18.4 Å². The first kappa shape index (κ1) is 23.6. The molecule has 2 N–H and O–H groups in total. The highest BCUT2D eigenvalue weighted by atomic mass is 32.2. The molecular weight excluding hydrogens is 402 g/mol. The highest BCUT2D eigenvalue weighted by molar-refractivity contribution is 7.89. The van der Waals surface area contributed by atoms with E-state index >= 15 is 0 Å². The van der Waals surface area contributed by atoms with Gasteiger partial charge in [0.15, 0.2) is 0 Å². The summed E-state index contributed by atoms with van der Waals surface area (Å²) in [4.78, 5) is 23.7. The molecule has 30 heavy (non-hydrogen) atoms. The number of carbonyl (C=O) groups is 2. The lowest BCUT2D eigenvalue weighted by atomic mass is 10.1. The van der Waals surface area contributed by atoms with E-state index in [1.54, 1.807) is 62.4 Å². The van der Waals surface area contributed by atoms with E-state index < -0.39 is 10.0 Å². The molecule has 0 aromatic heterocycles. The zero-order valence-corrected chi connectivity index (χ0v) is 18.6. The molecule has 0 heterocycles. The lowest BCUT2D eigenvalue weighted by Crippen LogP contribution is -2.30. The Morgan fingerprint density at radius 2 is 1.53 bits per heavy atom. The summed E-state index contributed by atoms with van der Waals surface area (Å²) in [7, 11) is -3.50. The van der Waals surface area contributed by atoms with Crippen LogP contribution in [-0.4, -0.2) is 37.6 Å². The largest absolute Gasteiger partial charge is 0.349 e. The van der Waals surface area contributed by atoms with Crippen molar-refractivity contribution in [1.82, 2.24) is 9.62 Å². The first-order chi connectivity index (χ1) is 14.2. The molecule has 7 nitrogen and oxygen atoms in total. The van der Waals surface area contributed by atoms with Crippen molar-refractivity contribution in [2.45, 2.75) is 45.1 Å². The first-order valence-corrected chi connectivity index (χ1v) is 11.4. The second kappa shape index (κ2) is 10.4. The number of benzene rings is 2. The molecule has 8 heteroatoms. The number of rotatable bonds is 9. The minimum absolute atomic E-state index is 0.144. The van der Waals surface area contributed by atoms with Gasteiger partial charge in [-0.2, -0.15) is 4.31 Å². The molecule has 2 amide bonds. The van der Waals surface area contributed by atoms with Crippen LogP contribution < -0.4 is 10.6 Å². The lowest BCUT2D eigenvalue weighted by Gasteiger charge is -2.19. The standard InChI is InChI=1S/C22H29N3O4S/c1-5-25(6-2)30(28,29)21-13-9-19(10-14-21)16(3)23-22(27)15-18-7-11-20(12-8-18)24-17(4)26/h7-14,16H,5-6,15H2,1-4H3,(H,23,27)(H,24,26).